The molecule has 2 rings (SSSR count). The molecule has 3 nitrogen and oxygen atoms in total. The molecule has 1 heterocycles. The number of nitrogens with zero attached hydrogens (tertiary/aromatic N) is 1. The minimum atomic E-state index is -0.480. The molecule has 21 heavy (non-hydrogen) atoms. The SMILES string of the molecule is CCC1(C)NC(c2cccc(Cl)c2)N(CCCSC)C1=O. The van der Waals surface area contributed by atoms with Crippen LogP contribution in [0.4, 0.5) is 0 Å². The zero-order valence-electron chi connectivity index (χ0n) is 12.9. The molecule has 1 aromatic carbocycles. The van der Waals surface area contributed by atoms with Crippen molar-refractivity contribution in [3.63, 3.8) is 0 Å². The maximum absolute atomic E-state index is 12.7. The van der Waals surface area contributed by atoms with Gasteiger partial charge in [-0.1, -0.05) is 30.7 Å². The van der Waals surface area contributed by atoms with Gasteiger partial charge in [-0.05, 0) is 49.5 Å². The topological polar surface area (TPSA) is 32.3 Å². The van der Waals surface area contributed by atoms with Crippen LogP contribution in [0.15, 0.2) is 24.3 Å². The molecule has 1 N–H and O–H groups in total. The molecule has 5 heteroatoms. The van der Waals surface area contributed by atoms with Crippen LogP contribution in [0.2, 0.25) is 5.02 Å². The van der Waals surface area contributed by atoms with Crippen molar-refractivity contribution >= 4 is 29.3 Å². The predicted molar refractivity (Wildman–Crippen MR) is 90.7 cm³/mol. The van der Waals surface area contributed by atoms with Gasteiger partial charge in [-0.25, -0.2) is 0 Å². The zero-order chi connectivity index (χ0) is 15.5. The van der Waals surface area contributed by atoms with E-state index in [9.17, 15) is 4.79 Å². The highest BCUT2D eigenvalue weighted by Crippen LogP contribution is 2.33. The van der Waals surface area contributed by atoms with E-state index in [0.717, 1.165) is 30.7 Å². The van der Waals surface area contributed by atoms with Gasteiger partial charge in [0.1, 0.15) is 6.17 Å². The number of nitrogens with one attached hydrogen (secondary N) is 1. The molecular formula is C16H23ClN2OS. The molecule has 1 aliphatic rings. The van der Waals surface area contributed by atoms with Crippen LogP contribution >= 0.6 is 23.4 Å². The van der Waals surface area contributed by atoms with E-state index >= 15 is 0 Å². The van der Waals surface area contributed by atoms with E-state index in [1.807, 2.05) is 54.8 Å². The number of halogens is 1. The number of thioether (sulfide) groups is 1. The number of carbonyl (C=O) groups is 1. The summed E-state index contributed by atoms with van der Waals surface area (Å²) in [6.07, 6.45) is 3.80. The van der Waals surface area contributed by atoms with E-state index in [2.05, 4.69) is 11.6 Å². The first-order valence-corrected chi connectivity index (χ1v) is 9.12. The summed E-state index contributed by atoms with van der Waals surface area (Å²) in [4.78, 5) is 14.7. The summed E-state index contributed by atoms with van der Waals surface area (Å²) in [6.45, 7) is 4.81. The van der Waals surface area contributed by atoms with Gasteiger partial charge in [0.2, 0.25) is 5.91 Å². The van der Waals surface area contributed by atoms with Crippen molar-refractivity contribution in [3.05, 3.63) is 34.9 Å². The highest BCUT2D eigenvalue weighted by Gasteiger charge is 2.46. The first-order chi connectivity index (χ1) is 10.0. The quantitative estimate of drug-likeness (QED) is 0.809. The highest BCUT2D eigenvalue weighted by molar-refractivity contribution is 7.98. The fourth-order valence-electron chi connectivity index (χ4n) is 2.68. The lowest BCUT2D eigenvalue weighted by atomic mass is 9.99. The van der Waals surface area contributed by atoms with Crippen molar-refractivity contribution in [1.82, 2.24) is 10.2 Å². The standard InChI is InChI=1S/C16H23ClN2OS/c1-4-16(2)15(20)19(9-6-10-21-3)14(18-16)12-7-5-8-13(17)11-12/h5,7-8,11,14,18H,4,6,9-10H2,1-3H3. The maximum Gasteiger partial charge on any atom is 0.244 e. The highest BCUT2D eigenvalue weighted by atomic mass is 35.5. The lowest BCUT2D eigenvalue weighted by Crippen LogP contribution is -2.43. The van der Waals surface area contributed by atoms with Crippen LogP contribution < -0.4 is 5.32 Å². The summed E-state index contributed by atoms with van der Waals surface area (Å²) in [5, 5.41) is 4.20. The molecule has 1 aromatic rings. The Morgan fingerprint density at radius 2 is 2.24 bits per heavy atom. The molecule has 1 aliphatic heterocycles. The summed E-state index contributed by atoms with van der Waals surface area (Å²) >= 11 is 7.92. The summed E-state index contributed by atoms with van der Waals surface area (Å²) in [5.41, 5.74) is 0.573. The number of hydrogen-bond donors (Lipinski definition) is 1. The molecular weight excluding hydrogens is 304 g/mol. The Hall–Kier alpha value is -0.710. The van der Waals surface area contributed by atoms with E-state index in [1.54, 1.807) is 0 Å². The third-order valence-corrected chi connectivity index (χ3v) is 5.05. The van der Waals surface area contributed by atoms with Gasteiger partial charge in [0.15, 0.2) is 0 Å². The van der Waals surface area contributed by atoms with Crippen LogP contribution in [0.5, 0.6) is 0 Å². The predicted octanol–water partition coefficient (Wildman–Crippen LogP) is 3.69. The van der Waals surface area contributed by atoms with Crippen LogP contribution in [0, 0.1) is 0 Å². The Labute approximate surface area is 136 Å². The maximum atomic E-state index is 12.7. The van der Waals surface area contributed by atoms with E-state index in [4.69, 9.17) is 11.6 Å². The molecule has 116 valence electrons. The third kappa shape index (κ3) is 3.55. The van der Waals surface area contributed by atoms with E-state index in [1.165, 1.54) is 0 Å². The second-order valence-electron chi connectivity index (χ2n) is 5.63. The molecule has 2 unspecified atom stereocenters. The van der Waals surface area contributed by atoms with Gasteiger partial charge in [0.05, 0.1) is 5.54 Å². The zero-order valence-corrected chi connectivity index (χ0v) is 14.4. The van der Waals surface area contributed by atoms with Gasteiger partial charge in [0.25, 0.3) is 0 Å². The second-order valence-corrected chi connectivity index (χ2v) is 7.05. The van der Waals surface area contributed by atoms with E-state index in [-0.39, 0.29) is 12.1 Å². The fraction of sp³-hybridized carbons (Fsp3) is 0.562. The number of hydrogen-bond acceptors (Lipinski definition) is 3. The molecule has 1 fully saturated rings. The van der Waals surface area contributed by atoms with Crippen molar-refractivity contribution in [3.8, 4) is 0 Å². The first-order valence-electron chi connectivity index (χ1n) is 7.35. The van der Waals surface area contributed by atoms with Gasteiger partial charge in [-0.15, -0.1) is 0 Å². The Morgan fingerprint density at radius 1 is 1.48 bits per heavy atom. The number of amides is 1. The number of benzene rings is 1. The van der Waals surface area contributed by atoms with E-state index in [0.29, 0.717) is 5.02 Å². The monoisotopic (exact) mass is 326 g/mol. The molecule has 0 aromatic heterocycles. The molecule has 2 atom stereocenters. The number of carbonyl (C=O) groups excluding carboxylic acids is 1. The van der Waals surface area contributed by atoms with Crippen molar-refractivity contribution in [2.45, 2.75) is 38.4 Å². The Kier molecular flexibility index (Phi) is 5.58. The molecule has 0 radical (unpaired) electrons. The van der Waals surface area contributed by atoms with Gasteiger partial charge in [-0.3, -0.25) is 10.1 Å². The van der Waals surface area contributed by atoms with Gasteiger partial charge >= 0.3 is 0 Å². The van der Waals surface area contributed by atoms with Crippen molar-refractivity contribution in [1.29, 1.82) is 0 Å². The Balaban J connectivity index is 2.25. The number of rotatable bonds is 6. The van der Waals surface area contributed by atoms with Crippen LogP contribution in [0.25, 0.3) is 0 Å². The van der Waals surface area contributed by atoms with Crippen LogP contribution in [-0.4, -0.2) is 34.9 Å². The Morgan fingerprint density at radius 3 is 2.86 bits per heavy atom. The van der Waals surface area contributed by atoms with Gasteiger partial charge in [0, 0.05) is 11.6 Å². The molecule has 0 spiro atoms. The van der Waals surface area contributed by atoms with Crippen molar-refractivity contribution in [2.75, 3.05) is 18.6 Å². The fourth-order valence-corrected chi connectivity index (χ4v) is 3.30. The van der Waals surface area contributed by atoms with Crippen molar-refractivity contribution < 1.29 is 4.79 Å². The van der Waals surface area contributed by atoms with Crippen LogP contribution in [0.1, 0.15) is 38.4 Å². The summed E-state index contributed by atoms with van der Waals surface area (Å²) in [6, 6.07) is 7.76. The van der Waals surface area contributed by atoms with E-state index < -0.39 is 5.54 Å². The minimum Gasteiger partial charge on any atom is -0.321 e. The smallest absolute Gasteiger partial charge is 0.244 e. The van der Waals surface area contributed by atoms with Gasteiger partial charge < -0.3 is 4.90 Å². The minimum absolute atomic E-state index is 0.0805. The second kappa shape index (κ2) is 7.03. The average Bonchev–Trinajstić information content (AvgIpc) is 2.73. The molecule has 1 amide bonds. The summed E-state index contributed by atoms with van der Waals surface area (Å²) in [7, 11) is 0. The largest absolute Gasteiger partial charge is 0.321 e. The third-order valence-electron chi connectivity index (χ3n) is 4.12. The first kappa shape index (κ1) is 16.7. The molecule has 0 saturated carbocycles. The van der Waals surface area contributed by atoms with Crippen LogP contribution in [0.3, 0.4) is 0 Å². The van der Waals surface area contributed by atoms with Gasteiger partial charge in [-0.2, -0.15) is 11.8 Å². The summed E-state index contributed by atoms with van der Waals surface area (Å²) < 4.78 is 0. The summed E-state index contributed by atoms with van der Waals surface area (Å²) in [5.74, 6) is 1.26. The lowest BCUT2D eigenvalue weighted by molar-refractivity contribution is -0.133. The Bertz CT molecular complexity index is 511. The normalized spacial score (nSPS) is 25.6. The van der Waals surface area contributed by atoms with Crippen molar-refractivity contribution in [2.24, 2.45) is 0 Å². The molecule has 0 bridgehead atoms. The molecule has 1 saturated heterocycles. The molecule has 0 aliphatic carbocycles. The van der Waals surface area contributed by atoms with Crippen LogP contribution in [-0.2, 0) is 4.79 Å². The lowest BCUT2D eigenvalue weighted by Gasteiger charge is -2.24. The average molecular weight is 327 g/mol.